The SMILES string of the molecule is O=C1NC2=C(O)N(c3ccc(C(F)(F)F)cc3)NN2c2ccccc21. The number of anilines is 2. The van der Waals surface area contributed by atoms with E-state index < -0.39 is 11.7 Å². The smallest absolute Gasteiger partial charge is 0.416 e. The summed E-state index contributed by atoms with van der Waals surface area (Å²) in [6, 6.07) is 11.0. The van der Waals surface area contributed by atoms with Gasteiger partial charge in [0.05, 0.1) is 22.5 Å². The van der Waals surface area contributed by atoms with E-state index in [-0.39, 0.29) is 23.3 Å². The Morgan fingerprint density at radius 1 is 0.960 bits per heavy atom. The number of nitrogens with one attached hydrogen (secondary N) is 2. The van der Waals surface area contributed by atoms with E-state index in [9.17, 15) is 23.1 Å². The molecule has 2 aromatic rings. The molecule has 0 spiro atoms. The third kappa shape index (κ3) is 2.36. The van der Waals surface area contributed by atoms with Gasteiger partial charge in [-0.1, -0.05) is 12.1 Å². The molecule has 3 N–H and O–H groups in total. The topological polar surface area (TPSA) is 67.8 Å². The van der Waals surface area contributed by atoms with E-state index in [0.29, 0.717) is 11.3 Å². The molecule has 0 fully saturated rings. The van der Waals surface area contributed by atoms with Gasteiger partial charge in [-0.3, -0.25) is 4.79 Å². The molecule has 0 saturated carbocycles. The summed E-state index contributed by atoms with van der Waals surface area (Å²) >= 11 is 0. The van der Waals surface area contributed by atoms with E-state index in [1.165, 1.54) is 22.2 Å². The van der Waals surface area contributed by atoms with Gasteiger partial charge in [0.25, 0.3) is 11.8 Å². The summed E-state index contributed by atoms with van der Waals surface area (Å²) < 4.78 is 38.0. The summed E-state index contributed by atoms with van der Waals surface area (Å²) in [7, 11) is 0. The van der Waals surface area contributed by atoms with Gasteiger partial charge in [0.15, 0.2) is 5.82 Å². The molecule has 0 unspecified atom stereocenters. The van der Waals surface area contributed by atoms with E-state index in [2.05, 4.69) is 10.9 Å². The number of carbonyl (C=O) groups excluding carboxylic acids is 1. The van der Waals surface area contributed by atoms with Crippen molar-refractivity contribution in [3.63, 3.8) is 0 Å². The largest absolute Gasteiger partial charge is 0.491 e. The number of fused-ring (bicyclic) bond motifs is 3. The first-order valence-electron chi connectivity index (χ1n) is 7.24. The van der Waals surface area contributed by atoms with Gasteiger partial charge in [0.2, 0.25) is 0 Å². The fourth-order valence-electron chi connectivity index (χ4n) is 2.70. The van der Waals surface area contributed by atoms with Crippen LogP contribution in [0.3, 0.4) is 0 Å². The maximum absolute atomic E-state index is 12.7. The maximum Gasteiger partial charge on any atom is 0.416 e. The molecule has 25 heavy (non-hydrogen) atoms. The lowest BCUT2D eigenvalue weighted by Gasteiger charge is -2.28. The van der Waals surface area contributed by atoms with Crippen molar-refractivity contribution in [1.82, 2.24) is 10.9 Å². The summed E-state index contributed by atoms with van der Waals surface area (Å²) in [4.78, 5) is 12.1. The Bertz CT molecular complexity index is 893. The van der Waals surface area contributed by atoms with Gasteiger partial charge in [0.1, 0.15) is 0 Å². The van der Waals surface area contributed by atoms with E-state index in [1.54, 1.807) is 24.3 Å². The van der Waals surface area contributed by atoms with Crippen molar-refractivity contribution >= 4 is 17.3 Å². The number of rotatable bonds is 1. The Hall–Kier alpha value is -3.20. The summed E-state index contributed by atoms with van der Waals surface area (Å²) in [5, 5.41) is 15.6. The first-order chi connectivity index (χ1) is 11.9. The van der Waals surface area contributed by atoms with Crippen LogP contribution < -0.4 is 20.9 Å². The van der Waals surface area contributed by atoms with Crippen LogP contribution in [-0.4, -0.2) is 11.0 Å². The number of nitrogens with zero attached hydrogens (tertiary/aromatic N) is 2. The van der Waals surface area contributed by atoms with Crippen LogP contribution in [0.2, 0.25) is 0 Å². The van der Waals surface area contributed by atoms with Crippen LogP contribution in [0.15, 0.2) is 60.2 Å². The highest BCUT2D eigenvalue weighted by Gasteiger charge is 2.38. The molecule has 1 amide bonds. The highest BCUT2D eigenvalue weighted by atomic mass is 19.4. The molecule has 2 aliphatic heterocycles. The number of halogens is 3. The number of hydrazine groups is 2. The van der Waals surface area contributed by atoms with Crippen molar-refractivity contribution in [2.24, 2.45) is 0 Å². The molecule has 9 heteroatoms. The molecule has 0 radical (unpaired) electrons. The summed E-state index contributed by atoms with van der Waals surface area (Å²) in [5.74, 6) is -0.615. The van der Waals surface area contributed by atoms with Crippen molar-refractivity contribution in [1.29, 1.82) is 0 Å². The van der Waals surface area contributed by atoms with Crippen molar-refractivity contribution in [2.45, 2.75) is 6.18 Å². The lowest BCUT2D eigenvalue weighted by atomic mass is 10.1. The highest BCUT2D eigenvalue weighted by molar-refractivity contribution is 6.03. The number of benzene rings is 2. The zero-order chi connectivity index (χ0) is 17.8. The van der Waals surface area contributed by atoms with Gasteiger partial charge in [-0.25, -0.2) is 10.0 Å². The van der Waals surface area contributed by atoms with Crippen molar-refractivity contribution < 1.29 is 23.1 Å². The second-order valence-corrected chi connectivity index (χ2v) is 5.46. The third-order valence-electron chi connectivity index (χ3n) is 3.92. The summed E-state index contributed by atoms with van der Waals surface area (Å²) in [6.07, 6.45) is -4.44. The molecule has 0 atom stereocenters. The second-order valence-electron chi connectivity index (χ2n) is 5.46. The highest BCUT2D eigenvalue weighted by Crippen LogP contribution is 2.35. The van der Waals surface area contributed by atoms with E-state index in [0.717, 1.165) is 12.1 Å². The maximum atomic E-state index is 12.7. The first kappa shape index (κ1) is 15.3. The Morgan fingerprint density at radius 3 is 2.32 bits per heavy atom. The van der Waals surface area contributed by atoms with Crippen molar-refractivity contribution in [3.05, 3.63) is 71.4 Å². The van der Waals surface area contributed by atoms with Crippen LogP contribution in [0.4, 0.5) is 24.5 Å². The number of para-hydroxylation sites is 1. The van der Waals surface area contributed by atoms with Crippen LogP contribution in [0, 0.1) is 0 Å². The Labute approximate surface area is 139 Å². The molecule has 0 aliphatic carbocycles. The molecule has 128 valence electrons. The number of hydrogen-bond donors (Lipinski definition) is 3. The van der Waals surface area contributed by atoms with E-state index >= 15 is 0 Å². The molecule has 0 saturated heterocycles. The Balaban J connectivity index is 1.71. The van der Waals surface area contributed by atoms with Crippen LogP contribution in [0.25, 0.3) is 0 Å². The van der Waals surface area contributed by atoms with Crippen LogP contribution >= 0.6 is 0 Å². The van der Waals surface area contributed by atoms with Gasteiger partial charge in [-0.2, -0.15) is 13.2 Å². The molecule has 4 rings (SSSR count). The minimum atomic E-state index is -4.44. The van der Waals surface area contributed by atoms with Crippen molar-refractivity contribution in [2.75, 3.05) is 10.0 Å². The van der Waals surface area contributed by atoms with Crippen LogP contribution in [0.1, 0.15) is 15.9 Å². The number of amides is 1. The quantitative estimate of drug-likeness (QED) is 0.739. The van der Waals surface area contributed by atoms with Gasteiger partial charge in [0, 0.05) is 0 Å². The van der Waals surface area contributed by atoms with Gasteiger partial charge in [-0.05, 0) is 36.4 Å². The van der Waals surface area contributed by atoms with E-state index in [1.807, 2.05) is 0 Å². The number of aliphatic hydroxyl groups is 1. The molecule has 2 aliphatic rings. The minimum Gasteiger partial charge on any atom is -0.491 e. The standard InChI is InChI=1S/C16H11F3N4O2/c17-16(18,19)9-5-7-10(8-6-9)22-15(25)13-20-14(24)11-3-1-2-4-12(11)23(13)21-22/h1-8,21,25H,(H,20,24). The van der Waals surface area contributed by atoms with Crippen LogP contribution in [-0.2, 0) is 6.18 Å². The second kappa shape index (κ2) is 5.15. The lowest BCUT2D eigenvalue weighted by Crippen LogP contribution is -2.47. The van der Waals surface area contributed by atoms with E-state index in [4.69, 9.17) is 0 Å². The predicted molar refractivity (Wildman–Crippen MR) is 83.1 cm³/mol. The molecule has 2 heterocycles. The number of aliphatic hydroxyl groups excluding tert-OH is 1. The zero-order valence-electron chi connectivity index (χ0n) is 12.5. The first-order valence-corrected chi connectivity index (χ1v) is 7.24. The molecule has 2 aromatic carbocycles. The monoisotopic (exact) mass is 348 g/mol. The fourth-order valence-corrected chi connectivity index (χ4v) is 2.70. The van der Waals surface area contributed by atoms with Crippen molar-refractivity contribution in [3.8, 4) is 0 Å². The molecular weight excluding hydrogens is 337 g/mol. The third-order valence-corrected chi connectivity index (χ3v) is 3.92. The minimum absolute atomic E-state index is 0.101. The normalized spacial score (nSPS) is 16.7. The number of alkyl halides is 3. The van der Waals surface area contributed by atoms with Gasteiger partial charge < -0.3 is 10.4 Å². The summed E-state index contributed by atoms with van der Waals surface area (Å²) in [6.45, 7) is 0. The van der Waals surface area contributed by atoms with Gasteiger partial charge in [-0.15, -0.1) is 5.53 Å². The average Bonchev–Trinajstić information content (AvgIpc) is 2.92. The Morgan fingerprint density at radius 2 is 1.64 bits per heavy atom. The molecular formula is C16H11F3N4O2. The summed E-state index contributed by atoms with van der Waals surface area (Å²) in [5.41, 5.74) is 3.24. The fraction of sp³-hybridized carbons (Fsp3) is 0.0625. The molecule has 0 aromatic heterocycles. The molecule has 6 nitrogen and oxygen atoms in total. The van der Waals surface area contributed by atoms with Gasteiger partial charge >= 0.3 is 6.18 Å². The number of carbonyl (C=O) groups is 1. The Kier molecular flexibility index (Phi) is 3.16. The lowest BCUT2D eigenvalue weighted by molar-refractivity contribution is -0.137. The average molecular weight is 348 g/mol. The van der Waals surface area contributed by atoms with Crippen LogP contribution in [0.5, 0.6) is 0 Å². The number of hydrogen-bond acceptors (Lipinski definition) is 5. The molecule has 0 bridgehead atoms. The predicted octanol–water partition coefficient (Wildman–Crippen LogP) is 2.88. The zero-order valence-corrected chi connectivity index (χ0v) is 12.5.